The van der Waals surface area contributed by atoms with E-state index in [2.05, 4.69) is 40.0 Å². The maximum Gasteiger partial charge on any atom is 0.243 e. The quantitative estimate of drug-likeness (QED) is 0.621. The van der Waals surface area contributed by atoms with Crippen LogP contribution in [0.4, 0.5) is 0 Å². The van der Waals surface area contributed by atoms with Crippen LogP contribution in [-0.4, -0.2) is 79.4 Å². The summed E-state index contributed by atoms with van der Waals surface area (Å²) < 4.78 is 0.842. The van der Waals surface area contributed by atoms with Gasteiger partial charge >= 0.3 is 0 Å². The molecule has 2 rings (SSSR count). The molecule has 0 radical (unpaired) electrons. The van der Waals surface area contributed by atoms with Crippen LogP contribution in [0.1, 0.15) is 18.7 Å². The molecule has 140 valence electrons. The van der Waals surface area contributed by atoms with Gasteiger partial charge in [-0.3, -0.25) is 9.69 Å². The molecule has 1 aliphatic rings. The van der Waals surface area contributed by atoms with E-state index in [0.29, 0.717) is 0 Å². The van der Waals surface area contributed by atoms with Gasteiger partial charge in [0.1, 0.15) is 6.54 Å². The van der Waals surface area contributed by atoms with E-state index in [-0.39, 0.29) is 18.5 Å². The molecule has 1 aliphatic heterocycles. The minimum atomic E-state index is 0.0104. The minimum absolute atomic E-state index is 0.0104. The Hall–Kier alpha value is -1.31. The minimum Gasteiger partial charge on any atom is -0.354 e. The number of guanidine groups is 1. The number of hydrogen-bond donors (Lipinski definition) is 1. The van der Waals surface area contributed by atoms with Gasteiger partial charge in [-0.1, -0.05) is 11.6 Å². The van der Waals surface area contributed by atoms with E-state index in [1.54, 1.807) is 30.3 Å². The molecular formula is C17H28ClN5OS. The zero-order valence-electron chi connectivity index (χ0n) is 15.5. The molecule has 2 heterocycles. The van der Waals surface area contributed by atoms with Gasteiger partial charge in [0.05, 0.1) is 4.34 Å². The highest BCUT2D eigenvalue weighted by Crippen LogP contribution is 2.23. The summed E-state index contributed by atoms with van der Waals surface area (Å²) in [6.45, 7) is 9.01. The number of amides is 1. The van der Waals surface area contributed by atoms with Crippen LogP contribution >= 0.6 is 22.9 Å². The number of thiophene rings is 1. The fourth-order valence-corrected chi connectivity index (χ4v) is 3.68. The first kappa shape index (κ1) is 20.0. The lowest BCUT2D eigenvalue weighted by molar-refractivity contribution is -0.127. The lowest BCUT2D eigenvalue weighted by Crippen LogP contribution is -2.53. The van der Waals surface area contributed by atoms with Crippen molar-refractivity contribution < 1.29 is 4.79 Å². The molecule has 1 fully saturated rings. The molecule has 0 aromatic carbocycles. The van der Waals surface area contributed by atoms with Crippen LogP contribution in [0.15, 0.2) is 17.1 Å². The number of rotatable bonds is 5. The Morgan fingerprint density at radius 2 is 2.00 bits per heavy atom. The number of piperazine rings is 1. The largest absolute Gasteiger partial charge is 0.354 e. The zero-order chi connectivity index (χ0) is 18.4. The standard InChI is InChI=1S/C17H28ClN5OS/c1-13(2)20-17(19-11-16(24)21(3)4)23-9-7-22(8-10-23)12-14-5-6-15(18)25-14/h5-6,13H,7-12H2,1-4H3,(H,19,20). The highest BCUT2D eigenvalue weighted by atomic mass is 35.5. The molecule has 0 spiro atoms. The molecular weight excluding hydrogens is 358 g/mol. The molecule has 0 aliphatic carbocycles. The summed E-state index contributed by atoms with van der Waals surface area (Å²) in [5.74, 6) is 0.834. The van der Waals surface area contributed by atoms with E-state index in [1.165, 1.54) is 4.88 Å². The Bertz CT molecular complexity index is 594. The number of nitrogens with zero attached hydrogens (tertiary/aromatic N) is 4. The molecule has 25 heavy (non-hydrogen) atoms. The number of hydrogen-bond acceptors (Lipinski definition) is 4. The molecule has 0 bridgehead atoms. The maximum absolute atomic E-state index is 11.8. The van der Waals surface area contributed by atoms with Gasteiger partial charge in [-0.15, -0.1) is 11.3 Å². The molecule has 0 unspecified atom stereocenters. The van der Waals surface area contributed by atoms with Crippen LogP contribution in [0.25, 0.3) is 0 Å². The van der Waals surface area contributed by atoms with Crippen molar-refractivity contribution >= 4 is 34.8 Å². The zero-order valence-corrected chi connectivity index (χ0v) is 17.0. The Labute approximate surface area is 159 Å². The molecule has 0 atom stereocenters. The smallest absolute Gasteiger partial charge is 0.243 e. The van der Waals surface area contributed by atoms with Crippen LogP contribution in [-0.2, 0) is 11.3 Å². The molecule has 1 amide bonds. The van der Waals surface area contributed by atoms with Gasteiger partial charge in [0, 0.05) is 57.7 Å². The molecule has 8 heteroatoms. The Kier molecular flexibility index (Phi) is 7.53. The van der Waals surface area contributed by atoms with Crippen molar-refractivity contribution in [2.24, 2.45) is 4.99 Å². The van der Waals surface area contributed by atoms with E-state index in [9.17, 15) is 4.79 Å². The second-order valence-electron chi connectivity index (χ2n) is 6.70. The average molecular weight is 386 g/mol. The average Bonchev–Trinajstić information content (AvgIpc) is 2.96. The van der Waals surface area contributed by atoms with Crippen LogP contribution in [0, 0.1) is 0 Å². The van der Waals surface area contributed by atoms with Crippen LogP contribution in [0.2, 0.25) is 4.34 Å². The third-order valence-corrected chi connectivity index (χ3v) is 5.18. The molecule has 1 N–H and O–H groups in total. The summed E-state index contributed by atoms with van der Waals surface area (Å²) in [4.78, 5) is 23.9. The fraction of sp³-hybridized carbons (Fsp3) is 0.647. The van der Waals surface area contributed by atoms with E-state index in [0.717, 1.165) is 43.0 Å². The highest BCUT2D eigenvalue weighted by molar-refractivity contribution is 7.16. The molecule has 1 aromatic rings. The number of carbonyl (C=O) groups is 1. The predicted molar refractivity (Wildman–Crippen MR) is 105 cm³/mol. The van der Waals surface area contributed by atoms with Crippen molar-refractivity contribution in [3.05, 3.63) is 21.3 Å². The van der Waals surface area contributed by atoms with Gasteiger partial charge < -0.3 is 15.1 Å². The summed E-state index contributed by atoms with van der Waals surface area (Å²) in [6.07, 6.45) is 0. The molecule has 0 saturated carbocycles. The van der Waals surface area contributed by atoms with Crippen molar-refractivity contribution in [2.75, 3.05) is 46.8 Å². The SMILES string of the molecule is CC(C)NC(=NCC(=O)N(C)C)N1CCN(Cc2ccc(Cl)s2)CC1. The normalized spacial score (nSPS) is 16.4. The van der Waals surface area contributed by atoms with Gasteiger partial charge in [-0.2, -0.15) is 0 Å². The second kappa shape index (κ2) is 9.40. The molecule has 6 nitrogen and oxygen atoms in total. The lowest BCUT2D eigenvalue weighted by atomic mass is 10.3. The number of aliphatic imine (C=N–C) groups is 1. The monoisotopic (exact) mass is 385 g/mol. The number of nitrogens with one attached hydrogen (secondary N) is 1. The lowest BCUT2D eigenvalue weighted by Gasteiger charge is -2.37. The van der Waals surface area contributed by atoms with Gasteiger partial charge in [0.15, 0.2) is 5.96 Å². The van der Waals surface area contributed by atoms with E-state index >= 15 is 0 Å². The van der Waals surface area contributed by atoms with E-state index in [1.807, 2.05) is 6.07 Å². The maximum atomic E-state index is 11.8. The first-order valence-electron chi connectivity index (χ1n) is 8.58. The predicted octanol–water partition coefficient (Wildman–Crippen LogP) is 1.96. The van der Waals surface area contributed by atoms with E-state index < -0.39 is 0 Å². The van der Waals surface area contributed by atoms with Gasteiger partial charge in [0.2, 0.25) is 5.91 Å². The van der Waals surface area contributed by atoms with Crippen LogP contribution in [0.5, 0.6) is 0 Å². The summed E-state index contributed by atoms with van der Waals surface area (Å²) >= 11 is 7.65. The van der Waals surface area contributed by atoms with Gasteiger partial charge in [-0.05, 0) is 26.0 Å². The Morgan fingerprint density at radius 3 is 2.52 bits per heavy atom. The van der Waals surface area contributed by atoms with Crippen LogP contribution < -0.4 is 5.32 Å². The number of carbonyl (C=O) groups excluding carboxylic acids is 1. The summed E-state index contributed by atoms with van der Waals surface area (Å²) in [6, 6.07) is 4.33. The Balaban J connectivity index is 1.91. The number of likely N-dealkylation sites (N-methyl/N-ethyl adjacent to an activating group) is 1. The van der Waals surface area contributed by atoms with Crippen molar-refractivity contribution in [1.29, 1.82) is 0 Å². The fourth-order valence-electron chi connectivity index (χ4n) is 2.55. The van der Waals surface area contributed by atoms with Crippen molar-refractivity contribution in [3.8, 4) is 0 Å². The van der Waals surface area contributed by atoms with Gasteiger partial charge in [-0.25, -0.2) is 4.99 Å². The van der Waals surface area contributed by atoms with Crippen molar-refractivity contribution in [1.82, 2.24) is 20.0 Å². The summed E-state index contributed by atoms with van der Waals surface area (Å²) in [7, 11) is 3.51. The topological polar surface area (TPSA) is 51.2 Å². The summed E-state index contributed by atoms with van der Waals surface area (Å²) in [5, 5.41) is 3.38. The van der Waals surface area contributed by atoms with Gasteiger partial charge in [0.25, 0.3) is 0 Å². The van der Waals surface area contributed by atoms with Crippen molar-refractivity contribution in [2.45, 2.75) is 26.4 Å². The van der Waals surface area contributed by atoms with E-state index in [4.69, 9.17) is 11.6 Å². The Morgan fingerprint density at radius 1 is 1.32 bits per heavy atom. The van der Waals surface area contributed by atoms with Crippen LogP contribution in [0.3, 0.4) is 0 Å². The summed E-state index contributed by atoms with van der Waals surface area (Å²) in [5.41, 5.74) is 0. The van der Waals surface area contributed by atoms with Crippen molar-refractivity contribution in [3.63, 3.8) is 0 Å². The molecule has 1 saturated heterocycles. The second-order valence-corrected chi connectivity index (χ2v) is 8.50. The molecule has 1 aromatic heterocycles. The first-order valence-corrected chi connectivity index (χ1v) is 9.77. The number of halogens is 1. The third-order valence-electron chi connectivity index (χ3n) is 3.96. The first-order chi connectivity index (χ1) is 11.8. The highest BCUT2D eigenvalue weighted by Gasteiger charge is 2.21. The third kappa shape index (κ3) is 6.49.